The lowest BCUT2D eigenvalue weighted by Gasteiger charge is -2.06. The topological polar surface area (TPSA) is 76.7 Å². The first-order chi connectivity index (χ1) is 12.3. The third-order valence-electron chi connectivity index (χ3n) is 3.59. The summed E-state index contributed by atoms with van der Waals surface area (Å²) in [7, 11) is 0. The highest BCUT2D eigenvalue weighted by Crippen LogP contribution is 2.23. The quantitative estimate of drug-likeness (QED) is 0.582. The number of aromatic nitrogens is 4. The van der Waals surface area contributed by atoms with Gasteiger partial charge in [0.1, 0.15) is 5.82 Å². The molecule has 0 radical (unpaired) electrons. The van der Waals surface area contributed by atoms with Crippen molar-refractivity contribution in [3.05, 3.63) is 65.7 Å². The molecule has 0 amide bonds. The summed E-state index contributed by atoms with van der Waals surface area (Å²) in [6.45, 7) is 2.37. The molecule has 0 unspecified atom stereocenters. The van der Waals surface area contributed by atoms with Crippen LogP contribution in [0, 0.1) is 6.92 Å². The summed E-state index contributed by atoms with van der Waals surface area (Å²) in [5.41, 5.74) is 2.90. The summed E-state index contributed by atoms with van der Waals surface area (Å²) in [5, 5.41) is 9.32. The van der Waals surface area contributed by atoms with Gasteiger partial charge in [-0.05, 0) is 36.6 Å². The van der Waals surface area contributed by atoms with E-state index in [-0.39, 0.29) is 0 Å². The van der Waals surface area contributed by atoms with Gasteiger partial charge < -0.3 is 9.84 Å². The molecule has 0 atom stereocenters. The van der Waals surface area contributed by atoms with E-state index in [0.717, 1.165) is 27.6 Å². The Balaban J connectivity index is 1.47. The summed E-state index contributed by atoms with van der Waals surface area (Å²) < 4.78 is 5.30. The summed E-state index contributed by atoms with van der Waals surface area (Å²) >= 11 is 1.58. The van der Waals surface area contributed by atoms with Crippen molar-refractivity contribution in [3.63, 3.8) is 0 Å². The van der Waals surface area contributed by atoms with Gasteiger partial charge in [-0.2, -0.15) is 4.98 Å². The molecule has 0 fully saturated rings. The van der Waals surface area contributed by atoms with Gasteiger partial charge in [0.15, 0.2) is 5.82 Å². The number of aryl methyl sites for hydroxylation is 1. The van der Waals surface area contributed by atoms with E-state index in [4.69, 9.17) is 4.52 Å². The largest absolute Gasteiger partial charge is 0.378 e. The Morgan fingerprint density at radius 3 is 2.92 bits per heavy atom. The van der Waals surface area contributed by atoms with E-state index >= 15 is 0 Å². The molecule has 0 saturated heterocycles. The molecule has 4 rings (SSSR count). The van der Waals surface area contributed by atoms with Gasteiger partial charge in [-0.25, -0.2) is 9.97 Å². The van der Waals surface area contributed by atoms with Crippen LogP contribution in [0.25, 0.3) is 22.0 Å². The second kappa shape index (κ2) is 6.82. The van der Waals surface area contributed by atoms with Crippen LogP contribution in [0.1, 0.15) is 11.6 Å². The number of nitrogens with one attached hydrogen (secondary N) is 1. The van der Waals surface area contributed by atoms with Gasteiger partial charge in [-0.15, -0.1) is 11.3 Å². The molecule has 0 aliphatic heterocycles. The Bertz CT molecular complexity index is 981. The zero-order valence-corrected chi connectivity index (χ0v) is 14.3. The lowest BCUT2D eigenvalue weighted by atomic mass is 10.1. The zero-order valence-electron chi connectivity index (χ0n) is 13.5. The third kappa shape index (κ3) is 3.56. The minimum Gasteiger partial charge on any atom is -0.378 e. The molecule has 0 aliphatic rings. The van der Waals surface area contributed by atoms with Crippen LogP contribution in [0.4, 0.5) is 5.69 Å². The van der Waals surface area contributed by atoms with Crippen molar-refractivity contribution in [2.75, 3.05) is 5.32 Å². The predicted molar refractivity (Wildman–Crippen MR) is 97.1 cm³/mol. The number of nitrogens with zero attached hydrogens (tertiary/aromatic N) is 4. The van der Waals surface area contributed by atoms with Crippen molar-refractivity contribution in [2.24, 2.45) is 0 Å². The molecule has 1 aromatic carbocycles. The highest BCUT2D eigenvalue weighted by atomic mass is 32.1. The Morgan fingerprint density at radius 2 is 2.08 bits per heavy atom. The number of thiophene rings is 1. The highest BCUT2D eigenvalue weighted by molar-refractivity contribution is 7.13. The van der Waals surface area contributed by atoms with Gasteiger partial charge in [0, 0.05) is 17.4 Å². The number of hydrogen-bond donors (Lipinski definition) is 1. The van der Waals surface area contributed by atoms with Crippen LogP contribution in [0.5, 0.6) is 0 Å². The maximum absolute atomic E-state index is 5.30. The Morgan fingerprint density at radius 1 is 1.12 bits per heavy atom. The minimum absolute atomic E-state index is 0.487. The normalized spacial score (nSPS) is 10.8. The second-order valence-electron chi connectivity index (χ2n) is 5.42. The van der Waals surface area contributed by atoms with Gasteiger partial charge >= 0.3 is 0 Å². The lowest BCUT2D eigenvalue weighted by Crippen LogP contribution is -2.01. The monoisotopic (exact) mass is 349 g/mol. The van der Waals surface area contributed by atoms with E-state index in [1.165, 1.54) is 0 Å². The van der Waals surface area contributed by atoms with Crippen LogP contribution >= 0.6 is 11.3 Å². The molecule has 6 nitrogen and oxygen atoms in total. The minimum atomic E-state index is 0.487. The van der Waals surface area contributed by atoms with Gasteiger partial charge in [0.2, 0.25) is 0 Å². The molecule has 25 heavy (non-hydrogen) atoms. The van der Waals surface area contributed by atoms with Crippen molar-refractivity contribution in [2.45, 2.75) is 13.5 Å². The van der Waals surface area contributed by atoms with Crippen LogP contribution in [0.3, 0.4) is 0 Å². The summed E-state index contributed by atoms with van der Waals surface area (Å²) in [5.74, 6) is 1.92. The van der Waals surface area contributed by atoms with E-state index in [9.17, 15) is 0 Å². The smallest absolute Gasteiger partial charge is 0.268 e. The average Bonchev–Trinajstić information content (AvgIpc) is 3.32. The van der Waals surface area contributed by atoms with Gasteiger partial charge in [0.05, 0.1) is 17.1 Å². The Hall–Kier alpha value is -3.06. The molecule has 4 aromatic rings. The molecule has 1 N–H and O–H groups in total. The average molecular weight is 349 g/mol. The number of rotatable bonds is 5. The second-order valence-corrected chi connectivity index (χ2v) is 6.36. The molecule has 3 aromatic heterocycles. The molecule has 3 heterocycles. The lowest BCUT2D eigenvalue weighted by molar-refractivity contribution is 0.424. The Kier molecular flexibility index (Phi) is 4.22. The van der Waals surface area contributed by atoms with Crippen LogP contribution < -0.4 is 5.32 Å². The molecule has 0 saturated carbocycles. The zero-order chi connectivity index (χ0) is 17.1. The van der Waals surface area contributed by atoms with Crippen molar-refractivity contribution < 1.29 is 4.52 Å². The Labute approximate surface area is 148 Å². The van der Waals surface area contributed by atoms with Gasteiger partial charge in [-0.3, -0.25) is 0 Å². The first-order valence-electron chi connectivity index (χ1n) is 7.78. The standard InChI is InChI=1S/C18H15N5OS/c1-12-19-8-7-15(21-12)13-4-2-5-14(10-13)20-11-17-22-18(24-23-17)16-6-3-9-25-16/h2-10,20H,11H2,1H3. The molecule has 0 bridgehead atoms. The van der Waals surface area contributed by atoms with Gasteiger partial charge in [0.25, 0.3) is 5.89 Å². The van der Waals surface area contributed by atoms with Crippen LogP contribution in [-0.2, 0) is 6.54 Å². The van der Waals surface area contributed by atoms with Crippen LogP contribution in [0.2, 0.25) is 0 Å². The summed E-state index contributed by atoms with van der Waals surface area (Å²) in [6.07, 6.45) is 1.77. The third-order valence-corrected chi connectivity index (χ3v) is 4.44. The maximum Gasteiger partial charge on any atom is 0.268 e. The van der Waals surface area contributed by atoms with Crippen molar-refractivity contribution in [1.29, 1.82) is 0 Å². The molecule has 7 heteroatoms. The van der Waals surface area contributed by atoms with Crippen molar-refractivity contribution in [1.82, 2.24) is 20.1 Å². The van der Waals surface area contributed by atoms with E-state index < -0.39 is 0 Å². The van der Waals surface area contributed by atoms with E-state index in [1.54, 1.807) is 17.5 Å². The first-order valence-corrected chi connectivity index (χ1v) is 8.66. The fourth-order valence-corrected chi connectivity index (χ4v) is 3.06. The van der Waals surface area contributed by atoms with Crippen molar-refractivity contribution >= 4 is 17.0 Å². The predicted octanol–water partition coefficient (Wildman–Crippen LogP) is 4.18. The molecular weight excluding hydrogens is 334 g/mol. The highest BCUT2D eigenvalue weighted by Gasteiger charge is 2.09. The fraction of sp³-hybridized carbons (Fsp3) is 0.111. The SMILES string of the molecule is Cc1nccc(-c2cccc(NCc3noc(-c4cccs4)n3)c2)n1. The number of anilines is 1. The molecule has 124 valence electrons. The number of benzene rings is 1. The molecule has 0 aliphatic carbocycles. The summed E-state index contributed by atoms with van der Waals surface area (Å²) in [4.78, 5) is 14.0. The molecule has 0 spiro atoms. The van der Waals surface area contributed by atoms with Crippen LogP contribution in [0.15, 0.2) is 58.6 Å². The summed E-state index contributed by atoms with van der Waals surface area (Å²) in [6, 6.07) is 13.9. The van der Waals surface area contributed by atoms with E-state index in [0.29, 0.717) is 18.3 Å². The fourth-order valence-electron chi connectivity index (χ4n) is 2.41. The van der Waals surface area contributed by atoms with Gasteiger partial charge in [-0.1, -0.05) is 23.4 Å². The van der Waals surface area contributed by atoms with E-state index in [2.05, 4.69) is 25.4 Å². The van der Waals surface area contributed by atoms with E-state index in [1.807, 2.05) is 54.8 Å². The van der Waals surface area contributed by atoms with Crippen molar-refractivity contribution in [3.8, 4) is 22.0 Å². The number of hydrogen-bond acceptors (Lipinski definition) is 7. The first kappa shape index (κ1) is 15.5. The molecular formula is C18H15N5OS. The van der Waals surface area contributed by atoms with Crippen LogP contribution in [-0.4, -0.2) is 20.1 Å². The maximum atomic E-state index is 5.30.